The summed E-state index contributed by atoms with van der Waals surface area (Å²) in [7, 11) is 2.21. The number of amides is 1. The van der Waals surface area contributed by atoms with Gasteiger partial charge >= 0.3 is 0 Å². The quantitative estimate of drug-likeness (QED) is 0.907. The predicted octanol–water partition coefficient (Wildman–Crippen LogP) is 2.68. The van der Waals surface area contributed by atoms with E-state index in [1.807, 2.05) is 0 Å². The summed E-state index contributed by atoms with van der Waals surface area (Å²) in [5.74, 6) is -0.119. The fourth-order valence-corrected chi connectivity index (χ4v) is 3.65. The van der Waals surface area contributed by atoms with Crippen LogP contribution in [0.5, 0.6) is 0 Å². The minimum Gasteiger partial charge on any atom is -0.452 e. The standard InChI is InChI=1S/C14H19ClN2O2/c1-17-10-3-2-4-11(17)8-9(7-10)16-14(18)12-5-6-19-13(12)15/h5-6,9-11H,2-4,7-8H2,1H3,(H,16,18). The maximum atomic E-state index is 12.1. The second-order valence-electron chi connectivity index (χ2n) is 5.65. The van der Waals surface area contributed by atoms with Gasteiger partial charge < -0.3 is 14.6 Å². The topological polar surface area (TPSA) is 45.5 Å². The van der Waals surface area contributed by atoms with E-state index in [0.717, 1.165) is 12.8 Å². The second-order valence-corrected chi connectivity index (χ2v) is 6.00. The van der Waals surface area contributed by atoms with Gasteiger partial charge in [0.1, 0.15) is 0 Å². The van der Waals surface area contributed by atoms with Crippen LogP contribution >= 0.6 is 11.6 Å². The van der Waals surface area contributed by atoms with E-state index in [4.69, 9.17) is 16.0 Å². The van der Waals surface area contributed by atoms with E-state index in [2.05, 4.69) is 17.3 Å². The van der Waals surface area contributed by atoms with Crippen molar-refractivity contribution in [1.29, 1.82) is 0 Å². The van der Waals surface area contributed by atoms with Crippen molar-refractivity contribution in [2.45, 2.75) is 50.2 Å². The van der Waals surface area contributed by atoms with Gasteiger partial charge in [-0.05, 0) is 50.4 Å². The molecular weight excluding hydrogens is 264 g/mol. The first-order valence-electron chi connectivity index (χ1n) is 6.91. The highest BCUT2D eigenvalue weighted by atomic mass is 35.5. The number of furan rings is 1. The maximum absolute atomic E-state index is 12.1. The van der Waals surface area contributed by atoms with Crippen LogP contribution in [0.3, 0.4) is 0 Å². The fraction of sp³-hybridized carbons (Fsp3) is 0.643. The Bertz CT molecular complexity index is 460. The van der Waals surface area contributed by atoms with Crippen molar-refractivity contribution in [3.63, 3.8) is 0 Å². The Labute approximate surface area is 118 Å². The minimum absolute atomic E-state index is 0.119. The Morgan fingerprint density at radius 3 is 2.68 bits per heavy atom. The molecule has 2 aliphatic heterocycles. The van der Waals surface area contributed by atoms with Gasteiger partial charge in [0.2, 0.25) is 5.22 Å². The smallest absolute Gasteiger partial charge is 0.256 e. The molecule has 1 N–H and O–H groups in total. The first kappa shape index (κ1) is 13.0. The summed E-state index contributed by atoms with van der Waals surface area (Å²) in [6.45, 7) is 0. The Balaban J connectivity index is 1.65. The van der Waals surface area contributed by atoms with Gasteiger partial charge in [-0.1, -0.05) is 6.42 Å². The number of halogens is 1. The van der Waals surface area contributed by atoms with Crippen molar-refractivity contribution in [2.24, 2.45) is 0 Å². The van der Waals surface area contributed by atoms with E-state index < -0.39 is 0 Å². The number of hydrogen-bond acceptors (Lipinski definition) is 3. The lowest BCUT2D eigenvalue weighted by atomic mass is 9.82. The van der Waals surface area contributed by atoms with Crippen molar-refractivity contribution in [1.82, 2.24) is 10.2 Å². The Kier molecular flexibility index (Phi) is 3.54. The highest BCUT2D eigenvalue weighted by Gasteiger charge is 2.36. The molecule has 3 heterocycles. The molecular formula is C14H19ClN2O2. The minimum atomic E-state index is -0.119. The lowest BCUT2D eigenvalue weighted by Crippen LogP contribution is -2.55. The normalized spacial score (nSPS) is 31.2. The zero-order valence-electron chi connectivity index (χ0n) is 11.1. The zero-order chi connectivity index (χ0) is 13.4. The number of nitrogens with one attached hydrogen (secondary N) is 1. The lowest BCUT2D eigenvalue weighted by Gasteiger charge is -2.47. The van der Waals surface area contributed by atoms with Crippen LogP contribution < -0.4 is 5.32 Å². The van der Waals surface area contributed by atoms with Crippen LogP contribution in [0, 0.1) is 0 Å². The summed E-state index contributed by atoms with van der Waals surface area (Å²) in [6.07, 6.45) is 7.31. The van der Waals surface area contributed by atoms with Gasteiger partial charge in [-0.2, -0.15) is 0 Å². The number of piperidine rings is 2. The zero-order valence-corrected chi connectivity index (χ0v) is 11.8. The molecule has 2 unspecified atom stereocenters. The third-order valence-corrected chi connectivity index (χ3v) is 4.83. The molecule has 2 atom stereocenters. The molecule has 1 aromatic rings. The van der Waals surface area contributed by atoms with Crippen molar-refractivity contribution in [2.75, 3.05) is 7.05 Å². The fourth-order valence-electron chi connectivity index (χ4n) is 3.45. The average Bonchev–Trinajstić information content (AvgIpc) is 2.77. The summed E-state index contributed by atoms with van der Waals surface area (Å²) in [4.78, 5) is 14.6. The van der Waals surface area contributed by atoms with Crippen LogP contribution in [0.2, 0.25) is 5.22 Å². The molecule has 5 heteroatoms. The molecule has 104 valence electrons. The summed E-state index contributed by atoms with van der Waals surface area (Å²) < 4.78 is 4.96. The molecule has 2 fully saturated rings. The van der Waals surface area contributed by atoms with Crippen molar-refractivity contribution >= 4 is 17.5 Å². The highest BCUT2D eigenvalue weighted by molar-refractivity contribution is 6.32. The van der Waals surface area contributed by atoms with Gasteiger partial charge in [0.05, 0.1) is 11.8 Å². The SMILES string of the molecule is CN1C2CCCC1CC(NC(=O)c1ccoc1Cl)C2. The molecule has 0 aliphatic carbocycles. The molecule has 2 bridgehead atoms. The molecule has 0 saturated carbocycles. The van der Waals surface area contributed by atoms with E-state index >= 15 is 0 Å². The van der Waals surface area contributed by atoms with Crippen LogP contribution in [0.1, 0.15) is 42.5 Å². The Hall–Kier alpha value is -1.00. The average molecular weight is 283 g/mol. The van der Waals surface area contributed by atoms with Gasteiger partial charge in [-0.3, -0.25) is 4.79 Å². The van der Waals surface area contributed by atoms with Crippen LogP contribution in [0.15, 0.2) is 16.7 Å². The molecule has 3 rings (SSSR count). The summed E-state index contributed by atoms with van der Waals surface area (Å²) >= 11 is 5.84. The van der Waals surface area contributed by atoms with Crippen molar-refractivity contribution in [3.05, 3.63) is 23.1 Å². The van der Waals surface area contributed by atoms with Gasteiger partial charge in [0.25, 0.3) is 5.91 Å². The largest absolute Gasteiger partial charge is 0.452 e. The number of hydrogen-bond donors (Lipinski definition) is 1. The first-order chi connectivity index (χ1) is 9.15. The third-order valence-electron chi connectivity index (χ3n) is 4.54. The molecule has 1 amide bonds. The van der Waals surface area contributed by atoms with Gasteiger partial charge in [-0.25, -0.2) is 0 Å². The van der Waals surface area contributed by atoms with Gasteiger partial charge in [0, 0.05) is 18.1 Å². The van der Waals surface area contributed by atoms with Gasteiger partial charge in [-0.15, -0.1) is 0 Å². The second kappa shape index (κ2) is 5.17. The first-order valence-corrected chi connectivity index (χ1v) is 7.28. The number of carbonyl (C=O) groups excluding carboxylic acids is 1. The van der Waals surface area contributed by atoms with E-state index in [0.29, 0.717) is 17.6 Å². The molecule has 4 nitrogen and oxygen atoms in total. The Morgan fingerprint density at radius 1 is 1.42 bits per heavy atom. The van der Waals surface area contributed by atoms with Crippen LogP contribution in [0.25, 0.3) is 0 Å². The number of fused-ring (bicyclic) bond motifs is 2. The molecule has 1 aromatic heterocycles. The summed E-state index contributed by atoms with van der Waals surface area (Å²) in [5, 5.41) is 3.27. The molecule has 2 saturated heterocycles. The Morgan fingerprint density at radius 2 is 2.11 bits per heavy atom. The number of carbonyl (C=O) groups is 1. The molecule has 2 aliphatic rings. The number of rotatable bonds is 2. The predicted molar refractivity (Wildman–Crippen MR) is 73.4 cm³/mol. The summed E-state index contributed by atoms with van der Waals surface area (Å²) in [6, 6.07) is 3.09. The van der Waals surface area contributed by atoms with E-state index in [1.54, 1.807) is 6.07 Å². The third kappa shape index (κ3) is 2.51. The van der Waals surface area contributed by atoms with E-state index in [9.17, 15) is 4.79 Å². The molecule has 0 radical (unpaired) electrons. The van der Waals surface area contributed by atoms with Crippen LogP contribution in [-0.2, 0) is 0 Å². The van der Waals surface area contributed by atoms with E-state index in [1.165, 1.54) is 25.5 Å². The van der Waals surface area contributed by atoms with Crippen molar-refractivity contribution in [3.8, 4) is 0 Å². The molecule has 19 heavy (non-hydrogen) atoms. The molecule has 0 aromatic carbocycles. The van der Waals surface area contributed by atoms with Gasteiger partial charge in [0.15, 0.2) is 0 Å². The maximum Gasteiger partial charge on any atom is 0.256 e. The highest BCUT2D eigenvalue weighted by Crippen LogP contribution is 2.32. The van der Waals surface area contributed by atoms with Crippen LogP contribution in [-0.4, -0.2) is 36.0 Å². The summed E-state index contributed by atoms with van der Waals surface area (Å²) in [5.41, 5.74) is 0.436. The van der Waals surface area contributed by atoms with E-state index in [-0.39, 0.29) is 17.2 Å². The lowest BCUT2D eigenvalue weighted by molar-refractivity contribution is 0.0463. The van der Waals surface area contributed by atoms with Crippen LogP contribution in [0.4, 0.5) is 0 Å². The number of nitrogens with zero attached hydrogens (tertiary/aromatic N) is 1. The van der Waals surface area contributed by atoms with Crippen molar-refractivity contribution < 1.29 is 9.21 Å². The monoisotopic (exact) mass is 282 g/mol. The molecule has 0 spiro atoms.